The third-order valence-corrected chi connectivity index (χ3v) is 4.84. The van der Waals surface area contributed by atoms with E-state index in [1.165, 1.54) is 18.5 Å². The minimum atomic E-state index is -5.11. The average molecular weight is 535 g/mol. The smallest absolute Gasteiger partial charge is 0.378 e. The van der Waals surface area contributed by atoms with Crippen molar-refractivity contribution in [1.29, 1.82) is 0 Å². The lowest BCUT2D eigenvalue weighted by molar-refractivity contribution is -0.207. The van der Waals surface area contributed by atoms with E-state index >= 15 is 0 Å². The molecule has 4 rings (SSSR count). The Hall–Kier alpha value is -2.97. The van der Waals surface area contributed by atoms with Gasteiger partial charge < -0.3 is 13.9 Å². The quantitative estimate of drug-likeness (QED) is 0.268. The fraction of sp³-hybridized carbons (Fsp3) is 0.167. The average Bonchev–Trinajstić information content (AvgIpc) is 3.36. The second-order valence-electron chi connectivity index (χ2n) is 6.46. The van der Waals surface area contributed by atoms with Crippen LogP contribution < -0.4 is 0 Å². The first-order valence-electron chi connectivity index (χ1n) is 8.62. The third-order valence-electron chi connectivity index (χ3n) is 4.26. The van der Waals surface area contributed by atoms with Gasteiger partial charge in [0, 0.05) is 12.4 Å². The van der Waals surface area contributed by atoms with Crippen molar-refractivity contribution in [1.82, 2.24) is 18.8 Å². The van der Waals surface area contributed by atoms with Crippen LogP contribution in [0.1, 0.15) is 22.3 Å². The number of fused-ring (bicyclic) bond motifs is 2. The van der Waals surface area contributed by atoms with Gasteiger partial charge in [0.1, 0.15) is 28.7 Å². The summed E-state index contributed by atoms with van der Waals surface area (Å²) in [7, 11) is 0. The highest BCUT2D eigenvalue weighted by atomic mass is 35.5. The van der Waals surface area contributed by atoms with Gasteiger partial charge in [0.15, 0.2) is 17.7 Å². The SMILES string of the molecule is O=C(c1ncn2ccc(Cl)c(F)c12)C(F)(F)F.OC(c1ncn2ccc(Cl)c(F)c12)C(F)(F)F. The molecular weight excluding hydrogens is 527 g/mol. The number of Topliss-reactive ketones (excluding diaryl/α,β-unsaturated/α-hetero) is 1. The van der Waals surface area contributed by atoms with Crippen LogP contribution in [-0.4, -0.2) is 42.0 Å². The van der Waals surface area contributed by atoms with Gasteiger partial charge in [0.05, 0.1) is 16.4 Å². The Labute approximate surface area is 193 Å². The molecule has 34 heavy (non-hydrogen) atoms. The number of alkyl halides is 6. The summed E-state index contributed by atoms with van der Waals surface area (Å²) < 4.78 is 103. The van der Waals surface area contributed by atoms with Crippen molar-refractivity contribution in [2.75, 3.05) is 0 Å². The Morgan fingerprint density at radius 2 is 1.35 bits per heavy atom. The zero-order valence-electron chi connectivity index (χ0n) is 16.0. The van der Waals surface area contributed by atoms with Crippen molar-refractivity contribution in [2.24, 2.45) is 0 Å². The molecule has 0 saturated carbocycles. The first-order valence-corrected chi connectivity index (χ1v) is 9.37. The number of imidazole rings is 2. The van der Waals surface area contributed by atoms with Gasteiger partial charge in [-0.05, 0) is 12.1 Å². The van der Waals surface area contributed by atoms with E-state index in [2.05, 4.69) is 9.97 Å². The molecule has 0 aliphatic carbocycles. The zero-order valence-corrected chi connectivity index (χ0v) is 17.5. The number of carbonyl (C=O) groups excluding carboxylic acids is 1. The fourth-order valence-corrected chi connectivity index (χ4v) is 3.02. The molecule has 6 nitrogen and oxygen atoms in total. The Kier molecular flexibility index (Phi) is 6.79. The number of rotatable bonds is 2. The van der Waals surface area contributed by atoms with E-state index in [4.69, 9.17) is 28.3 Å². The van der Waals surface area contributed by atoms with Crippen LogP contribution in [0.5, 0.6) is 0 Å². The van der Waals surface area contributed by atoms with E-state index in [0.29, 0.717) is 0 Å². The second-order valence-corrected chi connectivity index (χ2v) is 7.28. The van der Waals surface area contributed by atoms with Gasteiger partial charge in [-0.2, -0.15) is 26.3 Å². The Bertz CT molecular complexity index is 1380. The molecule has 0 bridgehead atoms. The van der Waals surface area contributed by atoms with E-state index in [1.54, 1.807) is 0 Å². The molecule has 16 heteroatoms. The number of pyridine rings is 2. The van der Waals surface area contributed by atoms with Gasteiger partial charge in [-0.25, -0.2) is 18.7 Å². The molecule has 0 aromatic carbocycles. The van der Waals surface area contributed by atoms with Gasteiger partial charge in [-0.1, -0.05) is 23.2 Å². The summed E-state index contributed by atoms with van der Waals surface area (Å²) in [5, 5.41) is 8.33. The predicted octanol–water partition coefficient (Wildman–Crippen LogP) is 5.59. The van der Waals surface area contributed by atoms with Crippen LogP contribution >= 0.6 is 23.2 Å². The third kappa shape index (κ3) is 4.79. The summed E-state index contributed by atoms with van der Waals surface area (Å²) in [6.45, 7) is 0. The number of aliphatic hydroxyl groups is 1. The highest BCUT2D eigenvalue weighted by Crippen LogP contribution is 2.35. The van der Waals surface area contributed by atoms with Crippen molar-refractivity contribution < 1.29 is 45.0 Å². The lowest BCUT2D eigenvalue weighted by Gasteiger charge is -2.12. The monoisotopic (exact) mass is 534 g/mol. The standard InChI is InChI=1S/C9H5ClF4N2O.C9H3ClF4N2O/c2*10-4-1-2-16-3-15-6(7(16)5(4)11)8(17)9(12,13)14/h1-3,8,17H;1-3H. The molecule has 1 N–H and O–H groups in total. The first kappa shape index (κ1) is 25.6. The summed E-state index contributed by atoms with van der Waals surface area (Å²) in [4.78, 5) is 17.6. The maximum atomic E-state index is 13.6. The summed E-state index contributed by atoms with van der Waals surface area (Å²) >= 11 is 10.9. The van der Waals surface area contributed by atoms with Crippen LogP contribution in [0.25, 0.3) is 11.0 Å². The number of hydrogen-bond donors (Lipinski definition) is 1. The summed E-state index contributed by atoms with van der Waals surface area (Å²) in [5.74, 6) is -4.37. The van der Waals surface area contributed by atoms with Gasteiger partial charge in [-0.3, -0.25) is 4.79 Å². The topological polar surface area (TPSA) is 71.9 Å². The normalized spacial score (nSPS) is 13.1. The summed E-state index contributed by atoms with van der Waals surface area (Å²) in [5.41, 5.74) is -2.88. The molecule has 0 fully saturated rings. The largest absolute Gasteiger partial charge is 0.456 e. The van der Waals surface area contributed by atoms with Gasteiger partial charge in [-0.15, -0.1) is 0 Å². The maximum absolute atomic E-state index is 13.6. The number of ketones is 1. The van der Waals surface area contributed by atoms with Crippen LogP contribution in [0.2, 0.25) is 10.0 Å². The molecule has 0 radical (unpaired) electrons. The summed E-state index contributed by atoms with van der Waals surface area (Å²) in [6.07, 6.45) is -8.53. The number of aromatic nitrogens is 4. The molecule has 4 aromatic heterocycles. The molecule has 1 unspecified atom stereocenters. The van der Waals surface area contributed by atoms with E-state index in [1.807, 2.05) is 0 Å². The van der Waals surface area contributed by atoms with E-state index in [0.717, 1.165) is 27.5 Å². The van der Waals surface area contributed by atoms with Crippen LogP contribution in [0.3, 0.4) is 0 Å². The Morgan fingerprint density at radius 1 is 0.882 bits per heavy atom. The highest BCUT2D eigenvalue weighted by molar-refractivity contribution is 6.31. The zero-order chi connectivity index (χ0) is 25.6. The maximum Gasteiger partial charge on any atom is 0.456 e. The van der Waals surface area contributed by atoms with Crippen molar-refractivity contribution in [3.8, 4) is 0 Å². The van der Waals surface area contributed by atoms with Crippen molar-refractivity contribution in [3.05, 3.63) is 70.2 Å². The second kappa shape index (κ2) is 9.00. The van der Waals surface area contributed by atoms with E-state index < -0.39 is 58.3 Å². The number of hydrogen-bond acceptors (Lipinski definition) is 4. The number of halogens is 10. The van der Waals surface area contributed by atoms with E-state index in [9.17, 15) is 39.9 Å². The van der Waals surface area contributed by atoms with E-state index in [-0.39, 0.29) is 10.0 Å². The molecule has 4 aromatic rings. The van der Waals surface area contributed by atoms with Gasteiger partial charge >= 0.3 is 12.4 Å². The first-order chi connectivity index (χ1) is 15.6. The molecule has 0 aliphatic heterocycles. The van der Waals surface area contributed by atoms with Gasteiger partial charge in [0.2, 0.25) is 0 Å². The lowest BCUT2D eigenvalue weighted by atomic mass is 10.2. The minimum Gasteiger partial charge on any atom is -0.378 e. The molecule has 0 amide bonds. The lowest BCUT2D eigenvalue weighted by Crippen LogP contribution is -2.23. The predicted molar refractivity (Wildman–Crippen MR) is 102 cm³/mol. The van der Waals surface area contributed by atoms with Crippen LogP contribution in [0.15, 0.2) is 37.2 Å². The molecule has 0 spiro atoms. The molecule has 1 atom stereocenters. The fourth-order valence-electron chi connectivity index (χ4n) is 2.73. The molecular formula is C18H8Cl2F8N4O2. The molecule has 182 valence electrons. The number of carbonyl (C=O) groups is 1. The number of aliphatic hydroxyl groups excluding tert-OH is 1. The van der Waals surface area contributed by atoms with Crippen molar-refractivity contribution in [2.45, 2.75) is 18.5 Å². The highest BCUT2D eigenvalue weighted by Gasteiger charge is 2.43. The van der Waals surface area contributed by atoms with Crippen molar-refractivity contribution >= 4 is 40.0 Å². The Morgan fingerprint density at radius 3 is 1.85 bits per heavy atom. The van der Waals surface area contributed by atoms with Crippen LogP contribution in [0.4, 0.5) is 35.1 Å². The molecule has 0 aliphatic rings. The summed E-state index contributed by atoms with van der Waals surface area (Å²) in [6, 6.07) is 2.32. The van der Waals surface area contributed by atoms with Crippen LogP contribution in [-0.2, 0) is 0 Å². The molecule has 4 heterocycles. The minimum absolute atomic E-state index is 0.339. The molecule has 0 saturated heterocycles. The van der Waals surface area contributed by atoms with Crippen LogP contribution in [0, 0.1) is 11.6 Å². The Balaban J connectivity index is 0.000000191. The van der Waals surface area contributed by atoms with Crippen molar-refractivity contribution in [3.63, 3.8) is 0 Å². The number of nitrogens with zero attached hydrogens (tertiary/aromatic N) is 4. The van der Waals surface area contributed by atoms with Gasteiger partial charge in [0.25, 0.3) is 5.78 Å².